The molecule has 1 heterocycles. The van der Waals surface area contributed by atoms with E-state index < -0.39 is 5.60 Å². The van der Waals surface area contributed by atoms with E-state index in [0.717, 1.165) is 11.5 Å². The molecule has 0 aliphatic heterocycles. The number of anilines is 1. The number of ether oxygens (including phenoxy) is 1. The van der Waals surface area contributed by atoms with Gasteiger partial charge in [-0.05, 0) is 12.8 Å². The first kappa shape index (κ1) is 14.9. The Balaban J connectivity index is 2.55. The second-order valence-corrected chi connectivity index (χ2v) is 5.08. The van der Waals surface area contributed by atoms with Gasteiger partial charge < -0.3 is 15.2 Å². The van der Waals surface area contributed by atoms with Gasteiger partial charge >= 0.3 is 0 Å². The summed E-state index contributed by atoms with van der Waals surface area (Å²) in [5, 5.41) is 13.2. The monoisotopic (exact) mass is 253 g/mol. The lowest BCUT2D eigenvalue weighted by atomic mass is 10.0. The van der Waals surface area contributed by atoms with Gasteiger partial charge in [0.25, 0.3) is 0 Å². The molecular formula is C13H23N3O2. The number of nitrogens with zero attached hydrogens (tertiary/aromatic N) is 2. The van der Waals surface area contributed by atoms with Gasteiger partial charge in [-0.2, -0.15) is 0 Å². The third-order valence-corrected chi connectivity index (χ3v) is 2.77. The summed E-state index contributed by atoms with van der Waals surface area (Å²) in [5.41, 5.74) is 0.183. The molecule has 18 heavy (non-hydrogen) atoms. The van der Waals surface area contributed by atoms with Crippen molar-refractivity contribution in [3.63, 3.8) is 0 Å². The van der Waals surface area contributed by atoms with Gasteiger partial charge in [0.1, 0.15) is 12.1 Å². The molecule has 1 aromatic rings. The second kappa shape index (κ2) is 6.66. The lowest BCUT2D eigenvalue weighted by molar-refractivity contribution is 0.0357. The van der Waals surface area contributed by atoms with Crippen LogP contribution in [0.3, 0.4) is 0 Å². The minimum absolute atomic E-state index is 0.363. The number of hydrogen-bond acceptors (Lipinski definition) is 5. The number of methoxy groups -OCH3 is 1. The number of nitrogens with one attached hydrogen (secondary N) is 1. The third kappa shape index (κ3) is 4.98. The molecule has 102 valence electrons. The topological polar surface area (TPSA) is 67.3 Å². The van der Waals surface area contributed by atoms with Crippen molar-refractivity contribution in [1.29, 1.82) is 0 Å². The molecule has 0 saturated carbocycles. The highest BCUT2D eigenvalue weighted by atomic mass is 16.5. The Morgan fingerprint density at radius 3 is 2.78 bits per heavy atom. The highest BCUT2D eigenvalue weighted by Gasteiger charge is 2.19. The zero-order valence-electron chi connectivity index (χ0n) is 11.6. The predicted molar refractivity (Wildman–Crippen MR) is 71.7 cm³/mol. The van der Waals surface area contributed by atoms with E-state index in [9.17, 15) is 5.11 Å². The molecule has 0 aliphatic carbocycles. The summed E-state index contributed by atoms with van der Waals surface area (Å²) in [6.07, 6.45) is 2.13. The molecule has 0 spiro atoms. The van der Waals surface area contributed by atoms with Crippen LogP contribution in [0.1, 0.15) is 38.8 Å². The Kier molecular flexibility index (Phi) is 5.50. The average Bonchev–Trinajstić information content (AvgIpc) is 2.34. The van der Waals surface area contributed by atoms with Crippen molar-refractivity contribution in [3.8, 4) is 0 Å². The van der Waals surface area contributed by atoms with Crippen LogP contribution in [0, 0.1) is 0 Å². The molecule has 1 unspecified atom stereocenters. The van der Waals surface area contributed by atoms with Gasteiger partial charge in [-0.1, -0.05) is 13.8 Å². The summed E-state index contributed by atoms with van der Waals surface area (Å²) in [7, 11) is 1.63. The Hall–Kier alpha value is -1.20. The Labute approximate surface area is 109 Å². The molecule has 0 aliphatic rings. The predicted octanol–water partition coefficient (Wildman–Crippen LogP) is 1.80. The minimum atomic E-state index is -0.807. The fourth-order valence-corrected chi connectivity index (χ4v) is 1.48. The van der Waals surface area contributed by atoms with Crippen molar-refractivity contribution < 1.29 is 9.84 Å². The van der Waals surface area contributed by atoms with E-state index in [-0.39, 0.29) is 0 Å². The molecule has 1 rings (SSSR count). The summed E-state index contributed by atoms with van der Waals surface area (Å²) in [4.78, 5) is 8.34. The first-order valence-corrected chi connectivity index (χ1v) is 6.22. The van der Waals surface area contributed by atoms with Gasteiger partial charge in [0.2, 0.25) is 0 Å². The van der Waals surface area contributed by atoms with Gasteiger partial charge in [-0.25, -0.2) is 9.97 Å². The van der Waals surface area contributed by atoms with Crippen molar-refractivity contribution in [2.75, 3.05) is 25.6 Å². The number of hydrogen-bond donors (Lipinski definition) is 2. The third-order valence-electron chi connectivity index (χ3n) is 2.77. The van der Waals surface area contributed by atoms with E-state index in [2.05, 4.69) is 29.1 Å². The van der Waals surface area contributed by atoms with Gasteiger partial charge in [0.05, 0.1) is 5.60 Å². The molecule has 5 heteroatoms. The molecule has 0 amide bonds. The Morgan fingerprint density at radius 2 is 2.17 bits per heavy atom. The zero-order chi connectivity index (χ0) is 13.6. The number of aromatic nitrogens is 2. The molecule has 0 bridgehead atoms. The van der Waals surface area contributed by atoms with Crippen molar-refractivity contribution in [2.24, 2.45) is 0 Å². The van der Waals surface area contributed by atoms with Crippen molar-refractivity contribution in [1.82, 2.24) is 9.97 Å². The normalized spacial score (nSPS) is 14.6. The van der Waals surface area contributed by atoms with Crippen LogP contribution in [0.15, 0.2) is 12.4 Å². The van der Waals surface area contributed by atoms with Gasteiger partial charge in [-0.15, -0.1) is 0 Å². The van der Waals surface area contributed by atoms with Crippen LogP contribution in [0.2, 0.25) is 0 Å². The van der Waals surface area contributed by atoms with Crippen LogP contribution in [0.25, 0.3) is 0 Å². The lowest BCUT2D eigenvalue weighted by Crippen LogP contribution is -2.34. The van der Waals surface area contributed by atoms with Crippen molar-refractivity contribution in [2.45, 2.75) is 38.7 Å². The first-order chi connectivity index (χ1) is 8.44. The van der Waals surface area contributed by atoms with Crippen molar-refractivity contribution >= 4 is 5.82 Å². The van der Waals surface area contributed by atoms with Crippen LogP contribution in [-0.4, -0.2) is 40.9 Å². The molecule has 0 radical (unpaired) electrons. The van der Waals surface area contributed by atoms with Gasteiger partial charge in [0.15, 0.2) is 0 Å². The quantitative estimate of drug-likeness (QED) is 0.775. The Bertz CT molecular complexity index is 367. The molecule has 1 atom stereocenters. The highest BCUT2D eigenvalue weighted by molar-refractivity contribution is 5.36. The summed E-state index contributed by atoms with van der Waals surface area (Å²) < 4.78 is 4.97. The molecule has 2 N–H and O–H groups in total. The Morgan fingerprint density at radius 1 is 1.44 bits per heavy atom. The van der Waals surface area contributed by atoms with E-state index in [1.165, 1.54) is 0 Å². The smallest absolute Gasteiger partial charge is 0.129 e. The fraction of sp³-hybridized carbons (Fsp3) is 0.692. The van der Waals surface area contributed by atoms with Crippen LogP contribution < -0.4 is 5.32 Å². The van der Waals surface area contributed by atoms with E-state index in [1.807, 2.05) is 6.07 Å². The maximum Gasteiger partial charge on any atom is 0.129 e. The summed E-state index contributed by atoms with van der Waals surface area (Å²) >= 11 is 0. The average molecular weight is 253 g/mol. The molecule has 0 saturated heterocycles. The van der Waals surface area contributed by atoms with Crippen LogP contribution >= 0.6 is 0 Å². The molecule has 5 nitrogen and oxygen atoms in total. The van der Waals surface area contributed by atoms with Crippen LogP contribution in [-0.2, 0) is 4.74 Å². The van der Waals surface area contributed by atoms with E-state index in [4.69, 9.17) is 4.74 Å². The van der Waals surface area contributed by atoms with E-state index in [0.29, 0.717) is 25.5 Å². The second-order valence-electron chi connectivity index (χ2n) is 5.08. The summed E-state index contributed by atoms with van der Waals surface area (Å²) in [5.74, 6) is 1.11. The molecular weight excluding hydrogens is 230 g/mol. The minimum Gasteiger partial charge on any atom is -0.388 e. The largest absolute Gasteiger partial charge is 0.388 e. The highest BCUT2D eigenvalue weighted by Crippen LogP contribution is 2.15. The van der Waals surface area contributed by atoms with Gasteiger partial charge in [-0.3, -0.25) is 0 Å². The lowest BCUT2D eigenvalue weighted by Gasteiger charge is -2.23. The number of aliphatic hydroxyl groups is 1. The maximum absolute atomic E-state index is 10.1. The number of rotatable bonds is 7. The standard InChI is InChI=1S/C13H23N3O2/c1-10(2)11-7-12(16-9-15-11)14-8-13(3,17)5-6-18-4/h7,9-10,17H,5-6,8H2,1-4H3,(H,14,15,16). The maximum atomic E-state index is 10.1. The molecule has 0 aromatic carbocycles. The van der Waals surface area contributed by atoms with Crippen LogP contribution in [0.5, 0.6) is 0 Å². The van der Waals surface area contributed by atoms with Gasteiger partial charge in [0, 0.05) is 38.4 Å². The first-order valence-electron chi connectivity index (χ1n) is 6.22. The zero-order valence-corrected chi connectivity index (χ0v) is 11.6. The van der Waals surface area contributed by atoms with Crippen molar-refractivity contribution in [3.05, 3.63) is 18.1 Å². The molecule has 1 aromatic heterocycles. The SMILES string of the molecule is COCCC(C)(O)CNc1cc(C(C)C)ncn1. The van der Waals surface area contributed by atoms with Crippen LogP contribution in [0.4, 0.5) is 5.82 Å². The van der Waals surface area contributed by atoms with E-state index >= 15 is 0 Å². The summed E-state index contributed by atoms with van der Waals surface area (Å²) in [6.45, 7) is 6.92. The molecule has 0 fully saturated rings. The summed E-state index contributed by atoms with van der Waals surface area (Å²) in [6, 6.07) is 1.91. The van der Waals surface area contributed by atoms with E-state index in [1.54, 1.807) is 20.4 Å². The fourth-order valence-electron chi connectivity index (χ4n) is 1.48.